The molecule has 13 rings (SSSR count). The van der Waals surface area contributed by atoms with Crippen LogP contribution in [0.3, 0.4) is 0 Å². The molecule has 0 amide bonds. The maximum absolute atomic E-state index is 6.92. The van der Waals surface area contributed by atoms with Crippen LogP contribution >= 0.6 is 11.3 Å². The number of nitrogens with zero attached hydrogens (tertiary/aromatic N) is 3. The first kappa shape index (κ1) is 38.0. The van der Waals surface area contributed by atoms with Gasteiger partial charge in [0.25, 0.3) is 0 Å². The van der Waals surface area contributed by atoms with E-state index in [1.807, 2.05) is 30.3 Å². The van der Waals surface area contributed by atoms with Crippen LogP contribution in [0.25, 0.3) is 132 Å². The smallest absolute Gasteiger partial charge is 0.167 e. The second kappa shape index (κ2) is 15.6. The van der Waals surface area contributed by atoms with Gasteiger partial charge < -0.3 is 4.42 Å². The number of hydrogen-bond donors (Lipinski definition) is 0. The zero-order chi connectivity index (χ0) is 43.6. The van der Waals surface area contributed by atoms with Crippen LogP contribution in [0, 0.1) is 0 Å². The standard InChI is InChI=1S/C61H37N3OS/c1-4-15-38(16-5-1)42-30-34-55-53(35-42)49-32-29-44(37-56(49)66-55)60-62-59(41-20-8-3-9-21-41)63-61(64-60)52-26-14-25-51-48-31-28-43(36-54(48)65-58(51)52)45-22-12-13-24-47(45)50-33-27-39-17-10-11-23-46(39)57(50)40-18-6-2-7-19-40/h1-37H. The molecule has 3 aromatic heterocycles. The number of hydrogen-bond acceptors (Lipinski definition) is 5. The minimum absolute atomic E-state index is 0.558. The van der Waals surface area contributed by atoms with E-state index in [4.69, 9.17) is 19.4 Å². The second-order valence-electron chi connectivity index (χ2n) is 16.7. The van der Waals surface area contributed by atoms with E-state index < -0.39 is 0 Å². The monoisotopic (exact) mass is 859 g/mol. The van der Waals surface area contributed by atoms with E-state index in [2.05, 4.69) is 194 Å². The van der Waals surface area contributed by atoms with Crippen molar-refractivity contribution in [3.8, 4) is 78.7 Å². The molecule has 4 nitrogen and oxygen atoms in total. The lowest BCUT2D eigenvalue weighted by Crippen LogP contribution is -2.00. The lowest BCUT2D eigenvalue weighted by molar-refractivity contribution is 0.669. The van der Waals surface area contributed by atoms with Crippen molar-refractivity contribution in [1.29, 1.82) is 0 Å². The Hall–Kier alpha value is -8.51. The van der Waals surface area contributed by atoms with Gasteiger partial charge in [-0.15, -0.1) is 11.3 Å². The Labute approximate surface area is 384 Å². The van der Waals surface area contributed by atoms with Crippen molar-refractivity contribution < 1.29 is 4.42 Å². The molecule has 0 unspecified atom stereocenters. The van der Waals surface area contributed by atoms with Gasteiger partial charge in [-0.05, 0) is 91.7 Å². The number of rotatable bonds is 7. The largest absolute Gasteiger partial charge is 0.455 e. The maximum atomic E-state index is 6.92. The van der Waals surface area contributed by atoms with E-state index in [0.717, 1.165) is 55.3 Å². The van der Waals surface area contributed by atoms with E-state index in [0.29, 0.717) is 17.5 Å². The highest BCUT2D eigenvalue weighted by atomic mass is 32.1. The maximum Gasteiger partial charge on any atom is 0.167 e. The molecule has 0 aliphatic rings. The first-order valence-corrected chi connectivity index (χ1v) is 23.0. The number of aromatic nitrogens is 3. The number of thiophene rings is 1. The molecule has 0 spiro atoms. The molecule has 0 fully saturated rings. The topological polar surface area (TPSA) is 51.8 Å². The molecular formula is C61H37N3OS. The fourth-order valence-corrected chi connectivity index (χ4v) is 10.7. The summed E-state index contributed by atoms with van der Waals surface area (Å²) in [5.41, 5.74) is 13.6. The quantitative estimate of drug-likeness (QED) is 0.160. The highest BCUT2D eigenvalue weighted by Gasteiger charge is 2.21. The molecule has 13 aromatic rings. The van der Waals surface area contributed by atoms with Crippen LogP contribution < -0.4 is 0 Å². The van der Waals surface area contributed by atoms with Crippen LogP contribution in [0.5, 0.6) is 0 Å². The molecule has 308 valence electrons. The molecule has 0 saturated heterocycles. The molecule has 0 bridgehead atoms. The fourth-order valence-electron chi connectivity index (χ4n) is 9.59. The van der Waals surface area contributed by atoms with Gasteiger partial charge in [-0.2, -0.15) is 0 Å². The minimum atomic E-state index is 0.558. The van der Waals surface area contributed by atoms with E-state index in [1.165, 1.54) is 58.8 Å². The Kier molecular flexibility index (Phi) is 9.00. The van der Waals surface area contributed by atoms with Crippen molar-refractivity contribution in [2.45, 2.75) is 0 Å². The highest BCUT2D eigenvalue weighted by Crippen LogP contribution is 2.44. The summed E-state index contributed by atoms with van der Waals surface area (Å²) in [6.45, 7) is 0. The summed E-state index contributed by atoms with van der Waals surface area (Å²) in [4.78, 5) is 15.5. The summed E-state index contributed by atoms with van der Waals surface area (Å²) in [7, 11) is 0. The van der Waals surface area contributed by atoms with E-state index >= 15 is 0 Å². The number of para-hydroxylation sites is 1. The van der Waals surface area contributed by atoms with Gasteiger partial charge in [0.15, 0.2) is 17.5 Å². The normalized spacial score (nSPS) is 11.6. The second-order valence-corrected chi connectivity index (χ2v) is 17.8. The third-order valence-electron chi connectivity index (χ3n) is 12.8. The molecule has 0 aliphatic heterocycles. The molecule has 66 heavy (non-hydrogen) atoms. The van der Waals surface area contributed by atoms with Gasteiger partial charge in [0, 0.05) is 42.1 Å². The number of fused-ring (bicyclic) bond motifs is 7. The van der Waals surface area contributed by atoms with Crippen molar-refractivity contribution in [2.24, 2.45) is 0 Å². The van der Waals surface area contributed by atoms with E-state index in [9.17, 15) is 0 Å². The van der Waals surface area contributed by atoms with Gasteiger partial charge in [-0.25, -0.2) is 15.0 Å². The van der Waals surface area contributed by atoms with Crippen LogP contribution in [0.15, 0.2) is 229 Å². The Bertz CT molecular complexity index is 3990. The van der Waals surface area contributed by atoms with Crippen LogP contribution in [0.1, 0.15) is 0 Å². The molecule has 5 heteroatoms. The van der Waals surface area contributed by atoms with Gasteiger partial charge in [-0.1, -0.05) is 188 Å². The fraction of sp³-hybridized carbons (Fsp3) is 0. The summed E-state index contributed by atoms with van der Waals surface area (Å²) in [5.74, 6) is 1.77. The molecule has 0 aliphatic carbocycles. The van der Waals surface area contributed by atoms with Crippen LogP contribution in [-0.2, 0) is 0 Å². The zero-order valence-electron chi connectivity index (χ0n) is 35.5. The number of furan rings is 1. The SMILES string of the molecule is c1ccc(-c2ccc3sc4cc(-c5nc(-c6ccccc6)nc(-c6cccc7c6oc6cc(-c8ccccc8-c8ccc9ccccc9c8-c8ccccc8)ccc67)n5)ccc4c3c2)cc1. The third kappa shape index (κ3) is 6.48. The van der Waals surface area contributed by atoms with Crippen molar-refractivity contribution in [3.05, 3.63) is 224 Å². The van der Waals surface area contributed by atoms with Crippen molar-refractivity contribution >= 4 is 64.2 Å². The average molecular weight is 860 g/mol. The first-order chi connectivity index (χ1) is 32.7. The zero-order valence-corrected chi connectivity index (χ0v) is 36.3. The summed E-state index contributed by atoms with van der Waals surface area (Å²) in [6.07, 6.45) is 0. The minimum Gasteiger partial charge on any atom is -0.455 e. The van der Waals surface area contributed by atoms with Crippen LogP contribution in [-0.4, -0.2) is 15.0 Å². The summed E-state index contributed by atoms with van der Waals surface area (Å²) >= 11 is 1.79. The van der Waals surface area contributed by atoms with Crippen LogP contribution in [0.2, 0.25) is 0 Å². The summed E-state index contributed by atoms with van der Waals surface area (Å²) in [5, 5.41) is 6.95. The Morgan fingerprint density at radius 1 is 0.303 bits per heavy atom. The molecule has 0 saturated carbocycles. The average Bonchev–Trinajstić information content (AvgIpc) is 3.96. The number of benzene rings is 10. The predicted molar refractivity (Wildman–Crippen MR) is 276 cm³/mol. The van der Waals surface area contributed by atoms with Crippen molar-refractivity contribution in [1.82, 2.24) is 15.0 Å². The Balaban J connectivity index is 0.934. The third-order valence-corrected chi connectivity index (χ3v) is 13.9. The molecular weight excluding hydrogens is 823 g/mol. The van der Waals surface area contributed by atoms with Crippen molar-refractivity contribution in [2.75, 3.05) is 0 Å². The summed E-state index contributed by atoms with van der Waals surface area (Å²) < 4.78 is 9.35. The lowest BCUT2D eigenvalue weighted by Gasteiger charge is -2.17. The Morgan fingerprint density at radius 3 is 1.74 bits per heavy atom. The molecule has 0 radical (unpaired) electrons. The van der Waals surface area contributed by atoms with Crippen LogP contribution in [0.4, 0.5) is 0 Å². The lowest BCUT2D eigenvalue weighted by atomic mass is 9.86. The molecule has 0 N–H and O–H groups in total. The van der Waals surface area contributed by atoms with Gasteiger partial charge in [0.1, 0.15) is 11.2 Å². The molecule has 3 heterocycles. The molecule has 10 aromatic carbocycles. The van der Waals surface area contributed by atoms with Gasteiger partial charge in [0.05, 0.1) is 5.56 Å². The van der Waals surface area contributed by atoms with E-state index in [-0.39, 0.29) is 0 Å². The van der Waals surface area contributed by atoms with E-state index in [1.54, 1.807) is 11.3 Å². The first-order valence-electron chi connectivity index (χ1n) is 22.2. The molecule has 0 atom stereocenters. The van der Waals surface area contributed by atoms with Gasteiger partial charge >= 0.3 is 0 Å². The predicted octanol–water partition coefficient (Wildman–Crippen LogP) is 17.0. The summed E-state index contributed by atoms with van der Waals surface area (Å²) in [6, 6.07) is 79.4. The van der Waals surface area contributed by atoms with Crippen molar-refractivity contribution in [3.63, 3.8) is 0 Å². The van der Waals surface area contributed by atoms with Gasteiger partial charge in [0.2, 0.25) is 0 Å². The van der Waals surface area contributed by atoms with Gasteiger partial charge in [-0.3, -0.25) is 0 Å². The highest BCUT2D eigenvalue weighted by molar-refractivity contribution is 7.25. The Morgan fingerprint density at radius 2 is 0.924 bits per heavy atom.